The van der Waals surface area contributed by atoms with Crippen molar-refractivity contribution in [1.29, 1.82) is 0 Å². The van der Waals surface area contributed by atoms with Gasteiger partial charge in [-0.1, -0.05) is 0 Å². The zero-order valence-electron chi connectivity index (χ0n) is 12.0. The molecule has 0 amide bonds. The molecule has 0 heterocycles. The van der Waals surface area contributed by atoms with E-state index in [9.17, 15) is 0 Å². The predicted octanol–water partition coefficient (Wildman–Crippen LogP) is 3.93. The molecule has 2 aromatic carbocycles. The molecule has 2 rings (SSSR count). The highest BCUT2D eigenvalue weighted by Crippen LogP contribution is 2.29. The van der Waals surface area contributed by atoms with Crippen LogP contribution in [0.2, 0.25) is 0 Å². The van der Waals surface area contributed by atoms with Crippen LogP contribution in [0.15, 0.2) is 47.4 Å². The second-order valence-electron chi connectivity index (χ2n) is 4.28. The van der Waals surface area contributed by atoms with E-state index in [0.29, 0.717) is 0 Å². The standard InChI is InChI=1S/C16H19NO2S/c1-17-11-12-10-14(18-2)6-9-16(12)19-13-4-7-15(20-3)8-5-13/h4-10,17H,11H2,1-3H3. The zero-order chi connectivity index (χ0) is 14.4. The van der Waals surface area contributed by atoms with Gasteiger partial charge in [0.15, 0.2) is 0 Å². The van der Waals surface area contributed by atoms with Gasteiger partial charge < -0.3 is 14.8 Å². The molecular formula is C16H19NO2S. The van der Waals surface area contributed by atoms with Crippen LogP contribution in [-0.4, -0.2) is 20.4 Å². The van der Waals surface area contributed by atoms with Crippen molar-refractivity contribution in [3.8, 4) is 17.2 Å². The Labute approximate surface area is 124 Å². The molecule has 0 unspecified atom stereocenters. The Morgan fingerprint density at radius 2 is 1.75 bits per heavy atom. The summed E-state index contributed by atoms with van der Waals surface area (Å²) in [4.78, 5) is 1.22. The van der Waals surface area contributed by atoms with Crippen LogP contribution in [0.4, 0.5) is 0 Å². The first-order valence-corrected chi connectivity index (χ1v) is 7.62. The van der Waals surface area contributed by atoms with Gasteiger partial charge >= 0.3 is 0 Å². The number of hydrogen-bond acceptors (Lipinski definition) is 4. The predicted molar refractivity (Wildman–Crippen MR) is 84.1 cm³/mol. The molecule has 0 saturated carbocycles. The van der Waals surface area contributed by atoms with Crippen LogP contribution in [0.1, 0.15) is 5.56 Å². The minimum Gasteiger partial charge on any atom is -0.497 e. The van der Waals surface area contributed by atoms with Gasteiger partial charge in [0, 0.05) is 17.0 Å². The summed E-state index contributed by atoms with van der Waals surface area (Å²) in [6, 6.07) is 13.9. The van der Waals surface area contributed by atoms with Gasteiger partial charge in [0.05, 0.1) is 7.11 Å². The third-order valence-corrected chi connectivity index (χ3v) is 3.67. The van der Waals surface area contributed by atoms with E-state index in [1.165, 1.54) is 4.90 Å². The Morgan fingerprint density at radius 3 is 2.35 bits per heavy atom. The summed E-state index contributed by atoms with van der Waals surface area (Å²) >= 11 is 1.72. The van der Waals surface area contributed by atoms with Gasteiger partial charge in [-0.05, 0) is 55.8 Å². The first-order chi connectivity index (χ1) is 9.76. The maximum Gasteiger partial charge on any atom is 0.132 e. The molecule has 0 aliphatic heterocycles. The Morgan fingerprint density at radius 1 is 1.05 bits per heavy atom. The third-order valence-electron chi connectivity index (χ3n) is 2.92. The molecule has 106 valence electrons. The lowest BCUT2D eigenvalue weighted by molar-refractivity contribution is 0.411. The third kappa shape index (κ3) is 3.68. The van der Waals surface area contributed by atoms with E-state index in [-0.39, 0.29) is 0 Å². The maximum absolute atomic E-state index is 5.96. The Kier molecular flexibility index (Phi) is 5.32. The maximum atomic E-state index is 5.96. The average molecular weight is 289 g/mol. The first-order valence-electron chi connectivity index (χ1n) is 6.40. The monoisotopic (exact) mass is 289 g/mol. The number of ether oxygens (including phenoxy) is 2. The van der Waals surface area contributed by atoms with Crippen LogP contribution < -0.4 is 14.8 Å². The minimum absolute atomic E-state index is 0.732. The van der Waals surface area contributed by atoms with Crippen molar-refractivity contribution in [2.45, 2.75) is 11.4 Å². The van der Waals surface area contributed by atoms with Gasteiger partial charge in [-0.15, -0.1) is 11.8 Å². The molecule has 0 saturated heterocycles. The molecule has 0 atom stereocenters. The largest absolute Gasteiger partial charge is 0.497 e. The summed E-state index contributed by atoms with van der Waals surface area (Å²) in [7, 11) is 3.58. The number of methoxy groups -OCH3 is 1. The van der Waals surface area contributed by atoms with Gasteiger partial charge in [0.2, 0.25) is 0 Å². The molecule has 0 aliphatic rings. The molecule has 4 heteroatoms. The highest BCUT2D eigenvalue weighted by atomic mass is 32.2. The minimum atomic E-state index is 0.732. The SMILES string of the molecule is CNCc1cc(OC)ccc1Oc1ccc(SC)cc1. The molecule has 0 aliphatic carbocycles. The van der Waals surface area contributed by atoms with Gasteiger partial charge in [0.1, 0.15) is 17.2 Å². The lowest BCUT2D eigenvalue weighted by Crippen LogP contribution is -2.06. The summed E-state index contributed by atoms with van der Waals surface area (Å²) in [6.45, 7) is 0.732. The first kappa shape index (κ1) is 14.8. The van der Waals surface area contributed by atoms with Gasteiger partial charge in [-0.3, -0.25) is 0 Å². The Hall–Kier alpha value is -1.65. The van der Waals surface area contributed by atoms with Crippen molar-refractivity contribution in [2.24, 2.45) is 0 Å². The highest BCUT2D eigenvalue weighted by Gasteiger charge is 2.06. The van der Waals surface area contributed by atoms with E-state index in [1.54, 1.807) is 18.9 Å². The van der Waals surface area contributed by atoms with E-state index < -0.39 is 0 Å². The van der Waals surface area contributed by atoms with E-state index in [4.69, 9.17) is 9.47 Å². The normalized spacial score (nSPS) is 10.3. The smallest absolute Gasteiger partial charge is 0.132 e. The molecule has 0 fully saturated rings. The van der Waals surface area contributed by atoms with Crippen LogP contribution in [0.25, 0.3) is 0 Å². The number of hydrogen-bond donors (Lipinski definition) is 1. The number of benzene rings is 2. The van der Waals surface area contributed by atoms with Crippen LogP contribution >= 0.6 is 11.8 Å². The van der Waals surface area contributed by atoms with Crippen LogP contribution in [0.5, 0.6) is 17.2 Å². The molecule has 0 bridgehead atoms. The van der Waals surface area contributed by atoms with Crippen molar-refractivity contribution >= 4 is 11.8 Å². The molecule has 0 aromatic heterocycles. The Bertz CT molecular complexity index is 555. The molecule has 2 aromatic rings. The molecule has 20 heavy (non-hydrogen) atoms. The average Bonchev–Trinajstić information content (AvgIpc) is 2.50. The van der Waals surface area contributed by atoms with Crippen molar-refractivity contribution in [1.82, 2.24) is 5.32 Å². The molecule has 3 nitrogen and oxygen atoms in total. The van der Waals surface area contributed by atoms with Crippen molar-refractivity contribution in [3.63, 3.8) is 0 Å². The summed E-state index contributed by atoms with van der Waals surface area (Å²) < 4.78 is 11.2. The summed E-state index contributed by atoms with van der Waals surface area (Å²) in [5, 5.41) is 3.14. The number of thioether (sulfide) groups is 1. The van der Waals surface area contributed by atoms with E-state index in [2.05, 4.69) is 23.7 Å². The molecule has 1 N–H and O–H groups in total. The van der Waals surface area contributed by atoms with Gasteiger partial charge in [0.25, 0.3) is 0 Å². The van der Waals surface area contributed by atoms with Crippen LogP contribution in [0, 0.1) is 0 Å². The van der Waals surface area contributed by atoms with Crippen molar-refractivity contribution in [2.75, 3.05) is 20.4 Å². The second-order valence-corrected chi connectivity index (χ2v) is 5.16. The second kappa shape index (κ2) is 7.22. The molecule has 0 spiro atoms. The van der Waals surface area contributed by atoms with Crippen molar-refractivity contribution < 1.29 is 9.47 Å². The fourth-order valence-electron chi connectivity index (χ4n) is 1.88. The fraction of sp³-hybridized carbons (Fsp3) is 0.250. The quantitative estimate of drug-likeness (QED) is 0.816. The lowest BCUT2D eigenvalue weighted by atomic mass is 10.2. The molecule has 0 radical (unpaired) electrons. The topological polar surface area (TPSA) is 30.5 Å². The summed E-state index contributed by atoms with van der Waals surface area (Å²) in [5.41, 5.74) is 1.07. The fourth-order valence-corrected chi connectivity index (χ4v) is 2.29. The van der Waals surface area contributed by atoms with Gasteiger partial charge in [-0.25, -0.2) is 0 Å². The van der Waals surface area contributed by atoms with Crippen LogP contribution in [0.3, 0.4) is 0 Å². The summed E-state index contributed by atoms with van der Waals surface area (Å²) in [6.07, 6.45) is 2.06. The zero-order valence-corrected chi connectivity index (χ0v) is 12.8. The highest BCUT2D eigenvalue weighted by molar-refractivity contribution is 7.98. The van der Waals surface area contributed by atoms with E-state index in [0.717, 1.165) is 29.4 Å². The van der Waals surface area contributed by atoms with Crippen LogP contribution in [-0.2, 0) is 6.54 Å². The summed E-state index contributed by atoms with van der Waals surface area (Å²) in [5.74, 6) is 2.52. The lowest BCUT2D eigenvalue weighted by Gasteiger charge is -2.12. The number of rotatable bonds is 6. The van der Waals surface area contributed by atoms with E-state index in [1.807, 2.05) is 37.4 Å². The van der Waals surface area contributed by atoms with E-state index >= 15 is 0 Å². The molecular weight excluding hydrogens is 270 g/mol. The number of nitrogens with one attached hydrogen (secondary N) is 1. The Balaban J connectivity index is 2.22. The van der Waals surface area contributed by atoms with Gasteiger partial charge in [-0.2, -0.15) is 0 Å². The van der Waals surface area contributed by atoms with Crippen molar-refractivity contribution in [3.05, 3.63) is 48.0 Å².